The molecule has 0 aliphatic carbocycles. The predicted molar refractivity (Wildman–Crippen MR) is 95.5 cm³/mol. The summed E-state index contributed by atoms with van der Waals surface area (Å²) in [6, 6.07) is 10.3. The lowest BCUT2D eigenvalue weighted by Crippen LogP contribution is -2.38. The van der Waals surface area contributed by atoms with E-state index in [4.69, 9.17) is 0 Å². The van der Waals surface area contributed by atoms with E-state index in [9.17, 15) is 17.6 Å². The Labute approximate surface area is 147 Å². The van der Waals surface area contributed by atoms with Gasteiger partial charge in [-0.1, -0.05) is 18.2 Å². The van der Waals surface area contributed by atoms with Gasteiger partial charge in [0.1, 0.15) is 5.82 Å². The van der Waals surface area contributed by atoms with Crippen LogP contribution < -0.4 is 9.62 Å². The van der Waals surface area contributed by atoms with Crippen LogP contribution in [0.25, 0.3) is 0 Å². The van der Waals surface area contributed by atoms with Crippen LogP contribution in [0, 0.1) is 19.7 Å². The SMILES string of the molecule is CC(=O)N(CCNS(=O)(=O)c1ccc(F)cc1)c1c(C)cccc1C. The number of anilines is 1. The number of nitrogens with one attached hydrogen (secondary N) is 1. The van der Waals surface area contributed by atoms with Gasteiger partial charge in [-0.25, -0.2) is 17.5 Å². The van der Waals surface area contributed by atoms with E-state index in [-0.39, 0.29) is 23.9 Å². The smallest absolute Gasteiger partial charge is 0.240 e. The summed E-state index contributed by atoms with van der Waals surface area (Å²) in [6.45, 7) is 5.50. The van der Waals surface area contributed by atoms with E-state index in [2.05, 4.69) is 4.72 Å². The summed E-state index contributed by atoms with van der Waals surface area (Å²) in [5, 5.41) is 0. The van der Waals surface area contributed by atoms with Crippen LogP contribution >= 0.6 is 0 Å². The number of para-hydroxylation sites is 1. The van der Waals surface area contributed by atoms with Gasteiger partial charge in [0.15, 0.2) is 0 Å². The number of halogens is 1. The Hall–Kier alpha value is -2.25. The van der Waals surface area contributed by atoms with Crippen molar-refractivity contribution in [2.75, 3.05) is 18.0 Å². The van der Waals surface area contributed by atoms with Gasteiger partial charge in [-0.2, -0.15) is 0 Å². The normalized spacial score (nSPS) is 11.4. The van der Waals surface area contributed by atoms with Crippen molar-refractivity contribution in [1.29, 1.82) is 0 Å². The minimum absolute atomic E-state index is 0.0182. The number of hydrogen-bond donors (Lipinski definition) is 1. The molecular formula is C18H21FN2O3S. The fraction of sp³-hybridized carbons (Fsp3) is 0.278. The topological polar surface area (TPSA) is 66.5 Å². The van der Waals surface area contributed by atoms with Gasteiger partial charge in [-0.3, -0.25) is 4.79 Å². The minimum atomic E-state index is -3.76. The minimum Gasteiger partial charge on any atom is -0.311 e. The van der Waals surface area contributed by atoms with Crippen LogP contribution in [0.5, 0.6) is 0 Å². The Morgan fingerprint density at radius 1 is 1.08 bits per heavy atom. The fourth-order valence-corrected chi connectivity index (χ4v) is 3.67. The molecule has 0 aliphatic heterocycles. The summed E-state index contributed by atoms with van der Waals surface area (Å²) in [5.41, 5.74) is 2.67. The van der Waals surface area contributed by atoms with Gasteiger partial charge in [0, 0.05) is 25.7 Å². The van der Waals surface area contributed by atoms with Crippen LogP contribution in [0.2, 0.25) is 0 Å². The summed E-state index contributed by atoms with van der Waals surface area (Å²) in [5.74, 6) is -0.671. The Morgan fingerprint density at radius 2 is 1.64 bits per heavy atom. The van der Waals surface area contributed by atoms with Crippen molar-refractivity contribution in [2.45, 2.75) is 25.7 Å². The maximum atomic E-state index is 12.9. The Kier molecular flexibility index (Phi) is 5.92. The third-order valence-electron chi connectivity index (χ3n) is 3.84. The molecule has 0 heterocycles. The molecule has 134 valence electrons. The molecule has 25 heavy (non-hydrogen) atoms. The monoisotopic (exact) mass is 364 g/mol. The molecule has 0 unspecified atom stereocenters. The van der Waals surface area contributed by atoms with Gasteiger partial charge in [0.2, 0.25) is 15.9 Å². The Balaban J connectivity index is 2.12. The molecule has 0 bridgehead atoms. The third-order valence-corrected chi connectivity index (χ3v) is 5.32. The number of amides is 1. The van der Waals surface area contributed by atoms with Crippen molar-refractivity contribution >= 4 is 21.6 Å². The lowest BCUT2D eigenvalue weighted by Gasteiger charge is -2.25. The molecule has 0 aromatic heterocycles. The maximum absolute atomic E-state index is 12.9. The first-order valence-electron chi connectivity index (χ1n) is 7.82. The Morgan fingerprint density at radius 3 is 2.16 bits per heavy atom. The molecule has 1 N–H and O–H groups in total. The first-order chi connectivity index (χ1) is 11.7. The van der Waals surface area contributed by atoms with E-state index < -0.39 is 15.8 Å². The average molecular weight is 364 g/mol. The van der Waals surface area contributed by atoms with Crippen LogP contribution in [-0.4, -0.2) is 27.4 Å². The van der Waals surface area contributed by atoms with Crippen molar-refractivity contribution in [3.8, 4) is 0 Å². The van der Waals surface area contributed by atoms with Crippen molar-refractivity contribution in [1.82, 2.24) is 4.72 Å². The summed E-state index contributed by atoms with van der Waals surface area (Å²) < 4.78 is 39.8. The summed E-state index contributed by atoms with van der Waals surface area (Å²) in [7, 11) is -3.76. The molecule has 5 nitrogen and oxygen atoms in total. The highest BCUT2D eigenvalue weighted by Gasteiger charge is 2.18. The number of hydrogen-bond acceptors (Lipinski definition) is 3. The van der Waals surface area contributed by atoms with E-state index in [1.54, 1.807) is 4.90 Å². The zero-order valence-corrected chi connectivity index (χ0v) is 15.2. The van der Waals surface area contributed by atoms with Gasteiger partial charge in [0.05, 0.1) is 4.90 Å². The molecule has 1 amide bonds. The Bertz CT molecular complexity index is 844. The zero-order valence-electron chi connectivity index (χ0n) is 14.4. The van der Waals surface area contributed by atoms with Crippen molar-refractivity contribution < 1.29 is 17.6 Å². The molecule has 0 atom stereocenters. The summed E-state index contributed by atoms with van der Waals surface area (Å²) in [6.07, 6.45) is 0. The predicted octanol–water partition coefficient (Wildman–Crippen LogP) is 2.77. The number of carbonyl (C=O) groups excluding carboxylic acids is 1. The number of nitrogens with zero attached hydrogens (tertiary/aromatic N) is 1. The lowest BCUT2D eigenvalue weighted by atomic mass is 10.1. The molecule has 0 fully saturated rings. The van der Waals surface area contributed by atoms with Crippen LogP contribution in [0.15, 0.2) is 47.4 Å². The van der Waals surface area contributed by atoms with E-state index in [0.29, 0.717) is 0 Å². The quantitative estimate of drug-likeness (QED) is 0.857. The van der Waals surface area contributed by atoms with Crippen LogP contribution in [0.3, 0.4) is 0 Å². The summed E-state index contributed by atoms with van der Waals surface area (Å²) >= 11 is 0. The molecule has 2 aromatic rings. The fourth-order valence-electron chi connectivity index (χ4n) is 2.65. The van der Waals surface area contributed by atoms with Crippen molar-refractivity contribution in [3.63, 3.8) is 0 Å². The number of carbonyl (C=O) groups is 1. The van der Waals surface area contributed by atoms with Crippen LogP contribution in [0.1, 0.15) is 18.1 Å². The number of sulfonamides is 1. The summed E-state index contributed by atoms with van der Waals surface area (Å²) in [4.78, 5) is 13.6. The van der Waals surface area contributed by atoms with Crippen molar-refractivity contribution in [2.24, 2.45) is 0 Å². The number of rotatable bonds is 6. The highest BCUT2D eigenvalue weighted by Crippen LogP contribution is 2.24. The highest BCUT2D eigenvalue weighted by molar-refractivity contribution is 7.89. The second kappa shape index (κ2) is 7.76. The molecule has 0 aliphatic rings. The van der Waals surface area contributed by atoms with Gasteiger partial charge >= 0.3 is 0 Å². The van der Waals surface area contributed by atoms with Gasteiger partial charge in [-0.05, 0) is 49.2 Å². The van der Waals surface area contributed by atoms with Crippen LogP contribution in [-0.2, 0) is 14.8 Å². The molecule has 2 aromatic carbocycles. The van der Waals surface area contributed by atoms with Gasteiger partial charge < -0.3 is 4.90 Å². The van der Waals surface area contributed by atoms with Gasteiger partial charge in [-0.15, -0.1) is 0 Å². The third kappa shape index (κ3) is 4.64. The average Bonchev–Trinajstić information content (AvgIpc) is 2.53. The van der Waals surface area contributed by atoms with Crippen molar-refractivity contribution in [3.05, 3.63) is 59.4 Å². The second-order valence-electron chi connectivity index (χ2n) is 5.76. The lowest BCUT2D eigenvalue weighted by molar-refractivity contribution is -0.116. The van der Waals surface area contributed by atoms with Crippen LogP contribution in [0.4, 0.5) is 10.1 Å². The molecule has 2 rings (SSSR count). The van der Waals surface area contributed by atoms with E-state index in [1.807, 2.05) is 32.0 Å². The molecule has 0 saturated carbocycles. The largest absolute Gasteiger partial charge is 0.311 e. The molecular weight excluding hydrogens is 343 g/mol. The standard InChI is InChI=1S/C18H21FN2O3S/c1-13-5-4-6-14(2)18(13)21(15(3)22)12-11-20-25(23,24)17-9-7-16(19)8-10-17/h4-10,20H,11-12H2,1-3H3. The number of aryl methyl sites for hydroxylation is 2. The highest BCUT2D eigenvalue weighted by atomic mass is 32.2. The second-order valence-corrected chi connectivity index (χ2v) is 7.53. The van der Waals surface area contributed by atoms with E-state index >= 15 is 0 Å². The first kappa shape index (κ1) is 19.1. The van der Waals surface area contributed by atoms with Gasteiger partial charge in [0.25, 0.3) is 0 Å². The zero-order chi connectivity index (χ0) is 18.6. The first-order valence-corrected chi connectivity index (χ1v) is 9.30. The van der Waals surface area contributed by atoms with E-state index in [1.165, 1.54) is 19.1 Å². The molecule has 0 saturated heterocycles. The number of benzene rings is 2. The molecule has 7 heteroatoms. The maximum Gasteiger partial charge on any atom is 0.240 e. The molecule has 0 radical (unpaired) electrons. The van der Waals surface area contributed by atoms with E-state index in [0.717, 1.165) is 28.9 Å². The molecule has 0 spiro atoms.